The van der Waals surface area contributed by atoms with E-state index in [1.54, 1.807) is 20.8 Å². The van der Waals surface area contributed by atoms with Crippen LogP contribution in [0.3, 0.4) is 0 Å². The fraction of sp³-hybridized carbons (Fsp3) is 0.500. The molecule has 1 rings (SSSR count). The maximum absolute atomic E-state index is 12.9. The fourth-order valence-corrected chi connectivity index (χ4v) is 2.24. The van der Waals surface area contributed by atoms with Crippen LogP contribution in [0.1, 0.15) is 44.9 Å². The van der Waals surface area contributed by atoms with Crippen LogP contribution in [0.15, 0.2) is 24.3 Å². The van der Waals surface area contributed by atoms with Crippen molar-refractivity contribution in [3.63, 3.8) is 0 Å². The Hall–Kier alpha value is -2.25. The number of hydrogen-bond donors (Lipinski definition) is 3. The van der Waals surface area contributed by atoms with E-state index in [9.17, 15) is 22.8 Å². The van der Waals surface area contributed by atoms with E-state index < -0.39 is 41.2 Å². The number of carbonyl (C=O) groups excluding carboxylic acids is 2. The van der Waals surface area contributed by atoms with Gasteiger partial charge in [0.1, 0.15) is 6.04 Å². The Labute approximate surface area is 138 Å². The summed E-state index contributed by atoms with van der Waals surface area (Å²) in [5.41, 5.74) is 3.97. The second kappa shape index (κ2) is 7.11. The molecular formula is C16H22F3N3O2. The van der Waals surface area contributed by atoms with Gasteiger partial charge in [-0.05, 0) is 30.0 Å². The highest BCUT2D eigenvalue weighted by atomic mass is 19.4. The van der Waals surface area contributed by atoms with Crippen molar-refractivity contribution in [3.05, 3.63) is 35.4 Å². The van der Waals surface area contributed by atoms with Gasteiger partial charge in [0.15, 0.2) is 0 Å². The van der Waals surface area contributed by atoms with E-state index in [2.05, 4.69) is 10.6 Å². The first-order chi connectivity index (χ1) is 10.8. The molecule has 1 aromatic carbocycles. The lowest BCUT2D eigenvalue weighted by Crippen LogP contribution is -2.49. The average Bonchev–Trinajstić information content (AvgIpc) is 2.41. The number of benzene rings is 1. The summed E-state index contributed by atoms with van der Waals surface area (Å²) >= 11 is 0. The Morgan fingerprint density at radius 3 is 2.17 bits per heavy atom. The molecule has 0 heterocycles. The summed E-state index contributed by atoms with van der Waals surface area (Å²) in [7, 11) is 0. The lowest BCUT2D eigenvalue weighted by Gasteiger charge is -2.33. The molecule has 0 radical (unpaired) electrons. The molecule has 8 heteroatoms. The molecule has 0 saturated carbocycles. The van der Waals surface area contributed by atoms with E-state index >= 15 is 0 Å². The smallest absolute Gasteiger partial charge is 0.352 e. The number of nitrogens with one attached hydrogen (secondary N) is 2. The number of urea groups is 1. The van der Waals surface area contributed by atoms with Crippen molar-refractivity contribution in [2.24, 2.45) is 11.1 Å². The van der Waals surface area contributed by atoms with Crippen molar-refractivity contribution in [2.75, 3.05) is 0 Å². The van der Waals surface area contributed by atoms with E-state index in [1.165, 1.54) is 19.1 Å². The van der Waals surface area contributed by atoms with Crippen LogP contribution in [-0.2, 0) is 11.0 Å². The van der Waals surface area contributed by atoms with Gasteiger partial charge in [-0.25, -0.2) is 4.79 Å². The summed E-state index contributed by atoms with van der Waals surface area (Å²) in [5, 5.41) is 4.91. The zero-order valence-corrected chi connectivity index (χ0v) is 14.0. The topological polar surface area (TPSA) is 84.2 Å². The van der Waals surface area contributed by atoms with Crippen LogP contribution in [0, 0.1) is 5.41 Å². The fourth-order valence-electron chi connectivity index (χ4n) is 2.24. The number of alkyl halides is 3. The van der Waals surface area contributed by atoms with Gasteiger partial charge in [-0.15, -0.1) is 0 Å². The Morgan fingerprint density at radius 1 is 1.12 bits per heavy atom. The van der Waals surface area contributed by atoms with E-state index in [0.717, 1.165) is 12.1 Å². The van der Waals surface area contributed by atoms with E-state index in [4.69, 9.17) is 5.73 Å². The zero-order chi connectivity index (χ0) is 18.7. The molecule has 0 fully saturated rings. The molecule has 2 atom stereocenters. The Kier molecular flexibility index (Phi) is 5.86. The van der Waals surface area contributed by atoms with Crippen LogP contribution in [-0.4, -0.2) is 18.0 Å². The van der Waals surface area contributed by atoms with Crippen molar-refractivity contribution in [2.45, 2.75) is 46.0 Å². The third-order valence-corrected chi connectivity index (χ3v) is 3.45. The number of nitrogens with two attached hydrogens (primary N) is 1. The summed E-state index contributed by atoms with van der Waals surface area (Å²) in [6, 6.07) is 2.38. The number of primary amides is 1. The van der Waals surface area contributed by atoms with E-state index in [1.807, 2.05) is 0 Å². The summed E-state index contributed by atoms with van der Waals surface area (Å²) in [6.45, 7) is 6.82. The van der Waals surface area contributed by atoms with Gasteiger partial charge in [0.05, 0.1) is 11.6 Å². The summed E-state index contributed by atoms with van der Waals surface area (Å²) in [5.74, 6) is -0.536. The molecule has 134 valence electrons. The largest absolute Gasteiger partial charge is 0.416 e. The van der Waals surface area contributed by atoms with Gasteiger partial charge < -0.3 is 16.4 Å². The molecule has 5 nitrogen and oxygen atoms in total. The zero-order valence-electron chi connectivity index (χ0n) is 14.0. The predicted octanol–water partition coefficient (Wildman–Crippen LogP) is 2.97. The number of hydrogen-bond acceptors (Lipinski definition) is 2. The molecule has 4 N–H and O–H groups in total. The minimum absolute atomic E-state index is 0.331. The van der Waals surface area contributed by atoms with E-state index in [0.29, 0.717) is 5.56 Å². The average molecular weight is 345 g/mol. The standard InChI is InChI=1S/C16H22F3N3O2/c1-9(21-14(20)24)13(23)22-12(15(2,3)4)10-6-5-7-11(8-10)16(17,18)19/h5-9,12H,1-4H3,(H,22,23)(H3,20,21,24)/t9-,12-/m0/s1. The number of rotatable bonds is 4. The van der Waals surface area contributed by atoms with Crippen LogP contribution < -0.4 is 16.4 Å². The van der Waals surface area contributed by atoms with Crippen molar-refractivity contribution in [3.8, 4) is 0 Å². The molecule has 0 spiro atoms. The van der Waals surface area contributed by atoms with Gasteiger partial charge in [-0.2, -0.15) is 13.2 Å². The normalized spacial score (nSPS) is 14.6. The molecule has 1 aromatic rings. The molecule has 0 aliphatic carbocycles. The molecule has 24 heavy (non-hydrogen) atoms. The van der Waals surface area contributed by atoms with Crippen molar-refractivity contribution in [1.29, 1.82) is 0 Å². The maximum atomic E-state index is 12.9. The summed E-state index contributed by atoms with van der Waals surface area (Å²) in [4.78, 5) is 23.0. The number of halogens is 3. The van der Waals surface area contributed by atoms with Gasteiger partial charge in [-0.3, -0.25) is 4.79 Å². The van der Waals surface area contributed by atoms with Gasteiger partial charge in [0.25, 0.3) is 0 Å². The molecule has 0 bridgehead atoms. The minimum atomic E-state index is -4.47. The molecule has 0 saturated heterocycles. The monoisotopic (exact) mass is 345 g/mol. The quantitative estimate of drug-likeness (QED) is 0.784. The highest BCUT2D eigenvalue weighted by Crippen LogP contribution is 2.36. The van der Waals surface area contributed by atoms with Gasteiger partial charge in [-0.1, -0.05) is 32.9 Å². The van der Waals surface area contributed by atoms with Gasteiger partial charge in [0.2, 0.25) is 5.91 Å². The van der Waals surface area contributed by atoms with Gasteiger partial charge in [0, 0.05) is 0 Å². The second-order valence-corrected chi connectivity index (χ2v) is 6.66. The molecule has 0 unspecified atom stereocenters. The summed E-state index contributed by atoms with van der Waals surface area (Å²) < 4.78 is 38.7. The van der Waals surface area contributed by atoms with Crippen LogP contribution in [0.2, 0.25) is 0 Å². The molecular weight excluding hydrogens is 323 g/mol. The lowest BCUT2D eigenvalue weighted by molar-refractivity contribution is -0.137. The SMILES string of the molecule is C[C@H](NC(N)=O)C(=O)N[C@@H](c1cccc(C(F)(F)F)c1)C(C)(C)C. The molecule has 0 aliphatic heterocycles. The van der Waals surface area contributed by atoms with Crippen LogP contribution in [0.5, 0.6) is 0 Å². The van der Waals surface area contributed by atoms with Crippen LogP contribution >= 0.6 is 0 Å². The third kappa shape index (κ3) is 5.43. The molecule has 0 aromatic heterocycles. The van der Waals surface area contributed by atoms with Crippen LogP contribution in [0.4, 0.5) is 18.0 Å². The first-order valence-corrected chi connectivity index (χ1v) is 7.36. The highest BCUT2D eigenvalue weighted by molar-refractivity contribution is 5.86. The van der Waals surface area contributed by atoms with E-state index in [-0.39, 0.29) is 0 Å². The number of carbonyl (C=O) groups is 2. The Bertz CT molecular complexity index is 609. The van der Waals surface area contributed by atoms with Crippen molar-refractivity contribution >= 4 is 11.9 Å². The van der Waals surface area contributed by atoms with Crippen molar-refractivity contribution in [1.82, 2.24) is 10.6 Å². The predicted molar refractivity (Wildman–Crippen MR) is 84.0 cm³/mol. The molecule has 0 aliphatic rings. The Morgan fingerprint density at radius 2 is 1.71 bits per heavy atom. The third-order valence-electron chi connectivity index (χ3n) is 3.45. The number of amides is 3. The first-order valence-electron chi connectivity index (χ1n) is 7.36. The highest BCUT2D eigenvalue weighted by Gasteiger charge is 2.34. The molecule has 3 amide bonds. The maximum Gasteiger partial charge on any atom is 0.416 e. The van der Waals surface area contributed by atoms with Crippen LogP contribution in [0.25, 0.3) is 0 Å². The Balaban J connectivity index is 3.12. The minimum Gasteiger partial charge on any atom is -0.352 e. The van der Waals surface area contributed by atoms with Crippen molar-refractivity contribution < 1.29 is 22.8 Å². The first kappa shape index (κ1) is 19.8. The van der Waals surface area contributed by atoms with Gasteiger partial charge >= 0.3 is 12.2 Å². The summed E-state index contributed by atoms with van der Waals surface area (Å²) in [6.07, 6.45) is -4.47. The second-order valence-electron chi connectivity index (χ2n) is 6.66. The lowest BCUT2D eigenvalue weighted by atomic mass is 9.81.